The number of hydrogen-bond donors (Lipinski definition) is 0. The van der Waals surface area contributed by atoms with Crippen molar-refractivity contribution in [1.82, 2.24) is 0 Å². The Hall–Kier alpha value is -0.670. The van der Waals surface area contributed by atoms with Crippen LogP contribution in [0.15, 0.2) is 24.3 Å². The molecule has 0 saturated carbocycles. The molecule has 0 bridgehead atoms. The van der Waals surface area contributed by atoms with Crippen LogP contribution in [0.5, 0.6) is 0 Å². The molecule has 0 heterocycles. The third-order valence-electron chi connectivity index (χ3n) is 2.67. The van der Waals surface area contributed by atoms with Crippen LogP contribution >= 0.6 is 15.9 Å². The summed E-state index contributed by atoms with van der Waals surface area (Å²) in [4.78, 5) is 11.2. The maximum atomic E-state index is 11.3. The van der Waals surface area contributed by atoms with E-state index in [4.69, 9.17) is 4.74 Å². The topological polar surface area (TPSA) is 26.3 Å². The van der Waals surface area contributed by atoms with Crippen LogP contribution in [-0.2, 0) is 16.1 Å². The van der Waals surface area contributed by atoms with E-state index in [0.717, 1.165) is 5.56 Å². The third kappa shape index (κ3) is 3.16. The van der Waals surface area contributed by atoms with E-state index in [2.05, 4.69) is 28.9 Å². The molecule has 1 aromatic carbocycles. The molecule has 2 unspecified atom stereocenters. The van der Waals surface area contributed by atoms with Gasteiger partial charge in [-0.25, -0.2) is 0 Å². The average molecular weight is 285 g/mol. The predicted octanol–water partition coefficient (Wildman–Crippen LogP) is 3.29. The Morgan fingerprint density at radius 2 is 2.06 bits per heavy atom. The van der Waals surface area contributed by atoms with Crippen LogP contribution in [0.25, 0.3) is 0 Å². The Bertz CT molecular complexity index is 363. The van der Waals surface area contributed by atoms with Crippen molar-refractivity contribution < 1.29 is 9.53 Å². The van der Waals surface area contributed by atoms with Crippen molar-refractivity contribution in [2.45, 2.75) is 31.2 Å². The first-order valence-corrected chi connectivity index (χ1v) is 6.20. The van der Waals surface area contributed by atoms with Crippen LogP contribution < -0.4 is 0 Å². The molecule has 0 aliphatic rings. The van der Waals surface area contributed by atoms with Crippen molar-refractivity contribution in [2.24, 2.45) is 0 Å². The minimum Gasteiger partial charge on any atom is -0.380 e. The molecule has 2 atom stereocenters. The van der Waals surface area contributed by atoms with Crippen molar-refractivity contribution in [1.29, 1.82) is 0 Å². The van der Waals surface area contributed by atoms with Crippen LogP contribution in [0.3, 0.4) is 0 Å². The highest BCUT2D eigenvalue weighted by molar-refractivity contribution is 9.10. The summed E-state index contributed by atoms with van der Waals surface area (Å²) in [5.74, 6) is 0.309. The lowest BCUT2D eigenvalue weighted by atomic mass is 9.92. The van der Waals surface area contributed by atoms with Gasteiger partial charge in [0, 0.05) is 13.0 Å². The zero-order valence-electron chi connectivity index (χ0n) is 9.87. The standard InChI is InChI=1S/C13H17BrO2/c1-9(13(14)10(2)15)12-7-5-4-6-11(12)8-16-3/h4-7,9,13H,8H2,1-3H3. The van der Waals surface area contributed by atoms with Crippen molar-refractivity contribution in [3.05, 3.63) is 35.4 Å². The molecular formula is C13H17BrO2. The van der Waals surface area contributed by atoms with Gasteiger partial charge >= 0.3 is 0 Å². The molecule has 0 radical (unpaired) electrons. The van der Waals surface area contributed by atoms with Gasteiger partial charge in [-0.3, -0.25) is 4.79 Å². The lowest BCUT2D eigenvalue weighted by Gasteiger charge is -2.19. The first-order valence-electron chi connectivity index (χ1n) is 5.29. The number of hydrogen-bond acceptors (Lipinski definition) is 2. The summed E-state index contributed by atoms with van der Waals surface area (Å²) in [5.41, 5.74) is 2.31. The molecule has 16 heavy (non-hydrogen) atoms. The molecule has 3 heteroatoms. The average Bonchev–Trinajstić information content (AvgIpc) is 2.28. The number of halogens is 1. The van der Waals surface area contributed by atoms with Gasteiger partial charge in [-0.1, -0.05) is 47.1 Å². The zero-order valence-corrected chi connectivity index (χ0v) is 11.5. The summed E-state index contributed by atoms with van der Waals surface area (Å²) in [7, 11) is 1.68. The van der Waals surface area contributed by atoms with Gasteiger partial charge in [-0.05, 0) is 18.1 Å². The first-order chi connectivity index (χ1) is 7.57. The third-order valence-corrected chi connectivity index (χ3v) is 4.11. The molecule has 1 rings (SSSR count). The summed E-state index contributed by atoms with van der Waals surface area (Å²) in [5, 5.41) is 0. The number of benzene rings is 1. The zero-order chi connectivity index (χ0) is 12.1. The summed E-state index contributed by atoms with van der Waals surface area (Å²) in [6, 6.07) is 8.07. The second kappa shape index (κ2) is 6.16. The van der Waals surface area contributed by atoms with E-state index in [1.54, 1.807) is 14.0 Å². The Labute approximate surface area is 105 Å². The van der Waals surface area contributed by atoms with E-state index < -0.39 is 0 Å². The molecule has 88 valence electrons. The van der Waals surface area contributed by atoms with Crippen LogP contribution in [0, 0.1) is 0 Å². The smallest absolute Gasteiger partial charge is 0.144 e. The molecule has 2 nitrogen and oxygen atoms in total. The summed E-state index contributed by atoms with van der Waals surface area (Å²) in [6.45, 7) is 4.24. The maximum Gasteiger partial charge on any atom is 0.144 e. The summed E-state index contributed by atoms with van der Waals surface area (Å²) >= 11 is 3.44. The van der Waals surface area contributed by atoms with Gasteiger partial charge in [-0.15, -0.1) is 0 Å². The molecule has 0 aliphatic heterocycles. The number of carbonyl (C=O) groups is 1. The van der Waals surface area contributed by atoms with E-state index in [1.165, 1.54) is 5.56 Å². The monoisotopic (exact) mass is 284 g/mol. The maximum absolute atomic E-state index is 11.3. The minimum absolute atomic E-state index is 0.134. The van der Waals surface area contributed by atoms with Gasteiger partial charge in [0.1, 0.15) is 5.78 Å². The van der Waals surface area contributed by atoms with Crippen LogP contribution in [0.4, 0.5) is 0 Å². The largest absolute Gasteiger partial charge is 0.380 e. The fourth-order valence-electron chi connectivity index (χ4n) is 1.78. The number of rotatable bonds is 5. The normalized spacial score (nSPS) is 14.5. The van der Waals surface area contributed by atoms with Crippen molar-refractivity contribution >= 4 is 21.7 Å². The molecule has 0 aliphatic carbocycles. The number of Topliss-reactive ketones (excluding diaryl/α,β-unsaturated/α-hetero) is 1. The highest BCUT2D eigenvalue weighted by Crippen LogP contribution is 2.28. The number of carbonyl (C=O) groups excluding carboxylic acids is 1. The highest BCUT2D eigenvalue weighted by Gasteiger charge is 2.21. The summed E-state index contributed by atoms with van der Waals surface area (Å²) < 4.78 is 5.16. The van der Waals surface area contributed by atoms with Crippen molar-refractivity contribution in [2.75, 3.05) is 7.11 Å². The van der Waals surface area contributed by atoms with Gasteiger partial charge < -0.3 is 4.74 Å². The van der Waals surface area contributed by atoms with Gasteiger partial charge in [0.15, 0.2) is 0 Å². The molecule has 0 N–H and O–H groups in total. The summed E-state index contributed by atoms with van der Waals surface area (Å²) in [6.07, 6.45) is 0. The van der Waals surface area contributed by atoms with Crippen molar-refractivity contribution in [3.63, 3.8) is 0 Å². The fourth-order valence-corrected chi connectivity index (χ4v) is 2.06. The second-order valence-electron chi connectivity index (χ2n) is 3.93. The Balaban J connectivity index is 2.97. The van der Waals surface area contributed by atoms with E-state index in [0.29, 0.717) is 6.61 Å². The fraction of sp³-hybridized carbons (Fsp3) is 0.462. The molecule has 0 amide bonds. The lowest BCUT2D eigenvalue weighted by molar-refractivity contribution is -0.116. The Morgan fingerprint density at radius 1 is 1.44 bits per heavy atom. The van der Waals surface area contributed by atoms with Crippen molar-refractivity contribution in [3.8, 4) is 0 Å². The van der Waals surface area contributed by atoms with Gasteiger partial charge in [0.05, 0.1) is 11.4 Å². The second-order valence-corrected chi connectivity index (χ2v) is 4.92. The number of alkyl halides is 1. The quantitative estimate of drug-likeness (QED) is 0.776. The SMILES string of the molecule is COCc1ccccc1C(C)C(Br)C(C)=O. The number of ketones is 1. The molecule has 1 aromatic rings. The van der Waals surface area contributed by atoms with Gasteiger partial charge in [0.25, 0.3) is 0 Å². The number of methoxy groups -OCH3 is 1. The Kier molecular flexibility index (Phi) is 5.16. The van der Waals surface area contributed by atoms with Crippen LogP contribution in [0.2, 0.25) is 0 Å². The molecular weight excluding hydrogens is 268 g/mol. The van der Waals surface area contributed by atoms with E-state index in [-0.39, 0.29) is 16.5 Å². The van der Waals surface area contributed by atoms with E-state index in [1.807, 2.05) is 18.2 Å². The lowest BCUT2D eigenvalue weighted by Crippen LogP contribution is -2.18. The van der Waals surface area contributed by atoms with Crippen LogP contribution in [0.1, 0.15) is 30.9 Å². The molecule has 0 aromatic heterocycles. The number of ether oxygens (including phenoxy) is 1. The highest BCUT2D eigenvalue weighted by atomic mass is 79.9. The molecule has 0 fully saturated rings. The van der Waals surface area contributed by atoms with Gasteiger partial charge in [-0.2, -0.15) is 0 Å². The minimum atomic E-state index is -0.134. The first kappa shape index (κ1) is 13.4. The predicted molar refractivity (Wildman–Crippen MR) is 69.0 cm³/mol. The molecule has 0 saturated heterocycles. The van der Waals surface area contributed by atoms with Crippen LogP contribution in [-0.4, -0.2) is 17.7 Å². The molecule has 0 spiro atoms. The Morgan fingerprint density at radius 3 is 2.62 bits per heavy atom. The van der Waals surface area contributed by atoms with E-state index >= 15 is 0 Å². The van der Waals surface area contributed by atoms with Gasteiger partial charge in [0.2, 0.25) is 0 Å². The van der Waals surface area contributed by atoms with E-state index in [9.17, 15) is 4.79 Å².